The third-order valence-corrected chi connectivity index (χ3v) is 7.37. The quantitative estimate of drug-likeness (QED) is 0.828. The van der Waals surface area contributed by atoms with Crippen LogP contribution < -0.4 is 10.5 Å². The number of hydrogen-bond acceptors (Lipinski definition) is 6. The van der Waals surface area contributed by atoms with E-state index in [1.807, 2.05) is 25.4 Å². The Morgan fingerprint density at radius 2 is 2.04 bits per heavy atom. The van der Waals surface area contributed by atoms with Crippen molar-refractivity contribution in [2.45, 2.75) is 37.7 Å². The van der Waals surface area contributed by atoms with Crippen molar-refractivity contribution in [2.24, 2.45) is 10.7 Å². The lowest BCUT2D eigenvalue weighted by Crippen LogP contribution is -2.48. The van der Waals surface area contributed by atoms with Crippen molar-refractivity contribution < 1.29 is 4.74 Å². The number of methoxy groups -OCH3 is 1. The second-order valence-electron chi connectivity index (χ2n) is 7.18. The van der Waals surface area contributed by atoms with E-state index < -0.39 is 0 Å². The first-order chi connectivity index (χ1) is 13.1. The van der Waals surface area contributed by atoms with E-state index in [1.54, 1.807) is 18.9 Å². The Bertz CT molecular complexity index is 814. The molecule has 3 heterocycles. The summed E-state index contributed by atoms with van der Waals surface area (Å²) in [6.07, 6.45) is 4.12. The number of benzene rings is 1. The molecular weight excluding hydrogens is 380 g/mol. The van der Waals surface area contributed by atoms with E-state index in [-0.39, 0.29) is 5.37 Å². The molecule has 1 aromatic carbocycles. The standard InChI is InChI=1S/C20H25ClN4OS/c1-13-17-19(22)23-12-25(20(17)27-18(13)21)15-7-9-24(10-8-15)11-14-5-3-4-6-16(14)26-2/h3-6,12,15,20H,7-11,22H2,1-2H3. The van der Waals surface area contributed by atoms with Gasteiger partial charge in [0, 0.05) is 36.8 Å². The van der Waals surface area contributed by atoms with Crippen molar-refractivity contribution >= 4 is 29.7 Å². The number of ether oxygens (including phenoxy) is 1. The molecule has 4 rings (SSSR count). The number of aliphatic imine (C=N–C) groups is 1. The molecular formula is C20H25ClN4OS. The molecule has 0 radical (unpaired) electrons. The van der Waals surface area contributed by atoms with Gasteiger partial charge in [-0.15, -0.1) is 0 Å². The first-order valence-corrected chi connectivity index (χ1v) is 10.5. The maximum atomic E-state index is 6.40. The normalized spacial score (nSPS) is 24.0. The van der Waals surface area contributed by atoms with Crippen LogP contribution in [0.2, 0.25) is 0 Å². The molecule has 2 N–H and O–H groups in total. The number of halogens is 1. The molecule has 0 bridgehead atoms. The molecule has 0 saturated carbocycles. The van der Waals surface area contributed by atoms with Crippen molar-refractivity contribution in [3.8, 4) is 5.75 Å². The molecule has 144 valence electrons. The summed E-state index contributed by atoms with van der Waals surface area (Å²) in [5.74, 6) is 1.57. The minimum atomic E-state index is 0.167. The van der Waals surface area contributed by atoms with Crippen molar-refractivity contribution in [1.82, 2.24) is 9.80 Å². The SMILES string of the molecule is COc1ccccc1CN1CCC(N2C=NC(N)=C3C(C)=C(Cl)SC32)CC1. The Kier molecular flexibility index (Phi) is 5.39. The second kappa shape index (κ2) is 7.78. The minimum absolute atomic E-state index is 0.167. The molecule has 1 unspecified atom stereocenters. The topological polar surface area (TPSA) is 54.1 Å². The Labute approximate surface area is 169 Å². The zero-order valence-corrected chi connectivity index (χ0v) is 17.3. The molecule has 7 heteroatoms. The van der Waals surface area contributed by atoms with Gasteiger partial charge < -0.3 is 15.4 Å². The van der Waals surface area contributed by atoms with Crippen LogP contribution in [0.4, 0.5) is 0 Å². The zero-order chi connectivity index (χ0) is 19.0. The summed E-state index contributed by atoms with van der Waals surface area (Å²) in [6.45, 7) is 5.07. The van der Waals surface area contributed by atoms with E-state index in [4.69, 9.17) is 22.1 Å². The molecule has 27 heavy (non-hydrogen) atoms. The molecule has 3 aliphatic heterocycles. The number of rotatable bonds is 4. The van der Waals surface area contributed by atoms with Gasteiger partial charge in [0.05, 0.1) is 17.8 Å². The predicted molar refractivity (Wildman–Crippen MR) is 113 cm³/mol. The van der Waals surface area contributed by atoms with Gasteiger partial charge in [-0.05, 0) is 31.4 Å². The summed E-state index contributed by atoms with van der Waals surface area (Å²) in [4.78, 5) is 9.30. The number of thioether (sulfide) groups is 1. The summed E-state index contributed by atoms with van der Waals surface area (Å²) in [7, 11) is 1.73. The van der Waals surface area contributed by atoms with Crippen LogP contribution >= 0.6 is 23.4 Å². The lowest BCUT2D eigenvalue weighted by Gasteiger charge is -2.42. The highest BCUT2D eigenvalue weighted by Gasteiger charge is 2.39. The van der Waals surface area contributed by atoms with Crippen LogP contribution in [0, 0.1) is 0 Å². The fourth-order valence-electron chi connectivity index (χ4n) is 4.06. The van der Waals surface area contributed by atoms with Crippen LogP contribution in [-0.2, 0) is 6.54 Å². The maximum absolute atomic E-state index is 6.40. The average Bonchev–Trinajstić information content (AvgIpc) is 2.99. The van der Waals surface area contributed by atoms with Crippen molar-refractivity contribution in [2.75, 3.05) is 20.2 Å². The van der Waals surface area contributed by atoms with E-state index >= 15 is 0 Å². The minimum Gasteiger partial charge on any atom is -0.496 e. The highest BCUT2D eigenvalue weighted by atomic mass is 35.5. The largest absolute Gasteiger partial charge is 0.496 e. The highest BCUT2D eigenvalue weighted by molar-refractivity contribution is 8.05. The molecule has 0 aromatic heterocycles. The van der Waals surface area contributed by atoms with Crippen molar-refractivity contribution in [3.05, 3.63) is 51.2 Å². The van der Waals surface area contributed by atoms with Gasteiger partial charge in [-0.25, -0.2) is 4.99 Å². The van der Waals surface area contributed by atoms with E-state index in [0.29, 0.717) is 11.9 Å². The molecule has 1 fully saturated rings. The summed E-state index contributed by atoms with van der Waals surface area (Å²) < 4.78 is 6.33. The molecule has 1 saturated heterocycles. The number of nitrogens with zero attached hydrogens (tertiary/aromatic N) is 3. The third-order valence-electron chi connectivity index (χ3n) is 5.60. The van der Waals surface area contributed by atoms with Crippen LogP contribution in [0.1, 0.15) is 25.3 Å². The Morgan fingerprint density at radius 1 is 1.30 bits per heavy atom. The summed E-state index contributed by atoms with van der Waals surface area (Å²) in [5.41, 5.74) is 9.53. The van der Waals surface area contributed by atoms with Gasteiger partial charge in [0.15, 0.2) is 0 Å². The Morgan fingerprint density at radius 3 is 2.78 bits per heavy atom. The fraction of sp³-hybridized carbons (Fsp3) is 0.450. The van der Waals surface area contributed by atoms with Gasteiger partial charge in [0.25, 0.3) is 0 Å². The van der Waals surface area contributed by atoms with E-state index in [1.165, 1.54) is 5.56 Å². The number of para-hydroxylation sites is 1. The zero-order valence-electron chi connectivity index (χ0n) is 15.7. The maximum Gasteiger partial charge on any atom is 0.131 e. The number of piperidine rings is 1. The molecule has 0 amide bonds. The number of hydrogen-bond donors (Lipinski definition) is 1. The summed E-state index contributed by atoms with van der Waals surface area (Å²) in [5, 5.41) is 0.167. The fourth-order valence-corrected chi connectivity index (χ4v) is 5.66. The number of fused-ring (bicyclic) bond motifs is 1. The summed E-state index contributed by atoms with van der Waals surface area (Å²) >= 11 is 8.08. The molecule has 0 aliphatic carbocycles. The first kappa shape index (κ1) is 18.7. The van der Waals surface area contributed by atoms with Crippen LogP contribution in [0.15, 0.2) is 50.6 Å². The molecule has 3 aliphatic rings. The Hall–Kier alpha value is -1.63. The van der Waals surface area contributed by atoms with E-state index in [0.717, 1.165) is 53.7 Å². The van der Waals surface area contributed by atoms with Gasteiger partial charge in [-0.3, -0.25) is 4.90 Å². The van der Waals surface area contributed by atoms with Gasteiger partial charge in [0.1, 0.15) is 16.9 Å². The van der Waals surface area contributed by atoms with Gasteiger partial charge in [-0.1, -0.05) is 41.6 Å². The molecule has 0 spiro atoms. The van der Waals surface area contributed by atoms with Crippen molar-refractivity contribution in [3.63, 3.8) is 0 Å². The molecule has 5 nitrogen and oxygen atoms in total. The average molecular weight is 405 g/mol. The third kappa shape index (κ3) is 3.58. The van der Waals surface area contributed by atoms with Gasteiger partial charge in [-0.2, -0.15) is 0 Å². The van der Waals surface area contributed by atoms with Crippen molar-refractivity contribution in [1.29, 1.82) is 0 Å². The molecule has 1 atom stereocenters. The smallest absolute Gasteiger partial charge is 0.131 e. The lowest BCUT2D eigenvalue weighted by molar-refractivity contribution is 0.148. The van der Waals surface area contributed by atoms with E-state index in [9.17, 15) is 0 Å². The van der Waals surface area contributed by atoms with Crippen LogP contribution in [0.3, 0.4) is 0 Å². The Balaban J connectivity index is 1.40. The monoisotopic (exact) mass is 404 g/mol. The lowest BCUT2D eigenvalue weighted by atomic mass is 10.00. The number of likely N-dealkylation sites (tertiary alicyclic amines) is 1. The van der Waals surface area contributed by atoms with Gasteiger partial charge >= 0.3 is 0 Å². The second-order valence-corrected chi connectivity index (χ2v) is 8.87. The van der Waals surface area contributed by atoms with Crippen LogP contribution in [0.25, 0.3) is 0 Å². The first-order valence-electron chi connectivity index (χ1n) is 9.27. The van der Waals surface area contributed by atoms with E-state index in [2.05, 4.69) is 26.9 Å². The summed E-state index contributed by atoms with van der Waals surface area (Å²) in [6, 6.07) is 8.72. The number of nitrogens with two attached hydrogens (primary N) is 1. The van der Waals surface area contributed by atoms with Crippen LogP contribution in [0.5, 0.6) is 5.75 Å². The van der Waals surface area contributed by atoms with Crippen LogP contribution in [-0.4, -0.2) is 47.8 Å². The highest BCUT2D eigenvalue weighted by Crippen LogP contribution is 2.47. The van der Waals surface area contributed by atoms with Gasteiger partial charge in [0.2, 0.25) is 0 Å². The predicted octanol–water partition coefficient (Wildman–Crippen LogP) is 3.72. The molecule has 1 aromatic rings.